The van der Waals surface area contributed by atoms with Crippen molar-refractivity contribution in [3.8, 4) is 0 Å². The van der Waals surface area contributed by atoms with Crippen LogP contribution in [0.15, 0.2) is 29.3 Å². The SMILES string of the molecule is Cn1cc(CN[C@H]2CCc3c(ccc(=O)n3CC3CC3)C2)cn1. The Morgan fingerprint density at radius 3 is 2.91 bits per heavy atom. The number of hydrogen-bond acceptors (Lipinski definition) is 3. The Balaban J connectivity index is 1.45. The lowest BCUT2D eigenvalue weighted by Gasteiger charge is -2.27. The Morgan fingerprint density at radius 1 is 1.30 bits per heavy atom. The number of nitrogens with one attached hydrogen (secondary N) is 1. The Bertz CT molecular complexity index is 757. The smallest absolute Gasteiger partial charge is 0.250 e. The third-order valence-electron chi connectivity index (χ3n) is 5.08. The van der Waals surface area contributed by atoms with E-state index in [1.54, 1.807) is 6.07 Å². The van der Waals surface area contributed by atoms with Gasteiger partial charge in [0.1, 0.15) is 0 Å². The molecule has 0 spiro atoms. The maximum absolute atomic E-state index is 12.2. The molecule has 0 aromatic carbocycles. The van der Waals surface area contributed by atoms with E-state index in [-0.39, 0.29) is 5.56 Å². The first kappa shape index (κ1) is 14.7. The Labute approximate surface area is 136 Å². The van der Waals surface area contributed by atoms with Gasteiger partial charge in [-0.3, -0.25) is 9.48 Å². The van der Waals surface area contributed by atoms with Crippen LogP contribution in [0.25, 0.3) is 0 Å². The van der Waals surface area contributed by atoms with E-state index in [0.29, 0.717) is 6.04 Å². The Morgan fingerprint density at radius 2 is 2.17 bits per heavy atom. The fourth-order valence-corrected chi connectivity index (χ4v) is 3.58. The standard InChI is InChI=1S/C18H24N4O/c1-21-11-14(10-20-21)9-19-16-5-6-17-15(8-16)4-7-18(23)22(17)12-13-2-3-13/h4,7,10-11,13,16,19H,2-3,5-6,8-9,12H2,1H3/t16-/m0/s1. The average molecular weight is 312 g/mol. The van der Waals surface area contributed by atoms with Crippen LogP contribution in [-0.4, -0.2) is 20.4 Å². The van der Waals surface area contributed by atoms with Crippen molar-refractivity contribution >= 4 is 0 Å². The van der Waals surface area contributed by atoms with E-state index in [1.807, 2.05) is 28.6 Å². The molecule has 23 heavy (non-hydrogen) atoms. The molecular weight excluding hydrogens is 288 g/mol. The summed E-state index contributed by atoms with van der Waals surface area (Å²) in [6, 6.07) is 4.28. The number of aryl methyl sites for hydroxylation is 1. The molecular formula is C18H24N4O. The van der Waals surface area contributed by atoms with Crippen LogP contribution in [0, 0.1) is 5.92 Å². The lowest BCUT2D eigenvalue weighted by molar-refractivity contribution is 0.436. The Hall–Kier alpha value is -1.88. The van der Waals surface area contributed by atoms with E-state index < -0.39 is 0 Å². The number of pyridine rings is 1. The molecule has 2 aliphatic rings. The highest BCUT2D eigenvalue weighted by atomic mass is 16.1. The highest BCUT2D eigenvalue weighted by Crippen LogP contribution is 2.31. The second-order valence-corrected chi connectivity index (χ2v) is 7.04. The van der Waals surface area contributed by atoms with E-state index in [1.165, 1.54) is 29.7 Å². The minimum Gasteiger partial charge on any atom is -0.312 e. The van der Waals surface area contributed by atoms with Crippen molar-refractivity contribution in [3.63, 3.8) is 0 Å². The molecule has 5 nitrogen and oxygen atoms in total. The lowest BCUT2D eigenvalue weighted by atomic mass is 9.91. The molecule has 0 unspecified atom stereocenters. The molecule has 2 aromatic rings. The molecule has 1 atom stereocenters. The topological polar surface area (TPSA) is 51.9 Å². The summed E-state index contributed by atoms with van der Waals surface area (Å²) in [5, 5.41) is 7.85. The Kier molecular flexibility index (Phi) is 3.81. The van der Waals surface area contributed by atoms with Crippen LogP contribution in [0.2, 0.25) is 0 Å². The molecule has 122 valence electrons. The van der Waals surface area contributed by atoms with Gasteiger partial charge in [0, 0.05) is 49.7 Å². The number of aromatic nitrogens is 3. The van der Waals surface area contributed by atoms with Gasteiger partial charge >= 0.3 is 0 Å². The molecule has 2 heterocycles. The van der Waals surface area contributed by atoms with Gasteiger partial charge < -0.3 is 9.88 Å². The highest BCUT2D eigenvalue weighted by molar-refractivity contribution is 5.26. The average Bonchev–Trinajstić information content (AvgIpc) is 3.28. The van der Waals surface area contributed by atoms with E-state index in [4.69, 9.17) is 0 Å². The molecule has 0 bridgehead atoms. The maximum atomic E-state index is 12.2. The summed E-state index contributed by atoms with van der Waals surface area (Å²) >= 11 is 0. The first-order chi connectivity index (χ1) is 11.2. The molecule has 4 rings (SSSR count). The molecule has 1 N–H and O–H groups in total. The highest BCUT2D eigenvalue weighted by Gasteiger charge is 2.26. The predicted molar refractivity (Wildman–Crippen MR) is 89.3 cm³/mol. The summed E-state index contributed by atoms with van der Waals surface area (Å²) in [6.07, 6.45) is 9.65. The van der Waals surface area contributed by atoms with Crippen LogP contribution in [0.1, 0.15) is 36.1 Å². The van der Waals surface area contributed by atoms with Crippen molar-refractivity contribution < 1.29 is 0 Å². The molecule has 1 fully saturated rings. The zero-order valence-electron chi connectivity index (χ0n) is 13.7. The molecule has 0 amide bonds. The van der Waals surface area contributed by atoms with Crippen LogP contribution in [0.3, 0.4) is 0 Å². The van der Waals surface area contributed by atoms with Gasteiger partial charge in [0.05, 0.1) is 6.20 Å². The fraction of sp³-hybridized carbons (Fsp3) is 0.556. The first-order valence-corrected chi connectivity index (χ1v) is 8.61. The van der Waals surface area contributed by atoms with Crippen molar-refractivity contribution in [2.24, 2.45) is 13.0 Å². The molecule has 0 saturated heterocycles. The largest absolute Gasteiger partial charge is 0.312 e. The van der Waals surface area contributed by atoms with Crippen LogP contribution < -0.4 is 10.9 Å². The summed E-state index contributed by atoms with van der Waals surface area (Å²) in [4.78, 5) is 12.2. The zero-order chi connectivity index (χ0) is 15.8. The van der Waals surface area contributed by atoms with Crippen molar-refractivity contribution in [2.75, 3.05) is 0 Å². The van der Waals surface area contributed by atoms with E-state index in [0.717, 1.165) is 38.3 Å². The fourth-order valence-electron chi connectivity index (χ4n) is 3.58. The van der Waals surface area contributed by atoms with Crippen molar-refractivity contribution in [1.82, 2.24) is 19.7 Å². The number of hydrogen-bond donors (Lipinski definition) is 1. The van der Waals surface area contributed by atoms with Gasteiger partial charge in [-0.05, 0) is 43.6 Å². The predicted octanol–water partition coefficient (Wildman–Crippen LogP) is 1.64. The van der Waals surface area contributed by atoms with Gasteiger partial charge in [0.2, 0.25) is 0 Å². The van der Waals surface area contributed by atoms with Gasteiger partial charge in [0.25, 0.3) is 5.56 Å². The van der Waals surface area contributed by atoms with E-state index >= 15 is 0 Å². The minimum atomic E-state index is 0.178. The van der Waals surface area contributed by atoms with Gasteiger partial charge in [0.15, 0.2) is 0 Å². The third-order valence-corrected chi connectivity index (χ3v) is 5.08. The molecule has 1 saturated carbocycles. The van der Waals surface area contributed by atoms with E-state index in [2.05, 4.69) is 16.6 Å². The van der Waals surface area contributed by atoms with Gasteiger partial charge in [-0.15, -0.1) is 0 Å². The molecule has 5 heteroatoms. The lowest BCUT2D eigenvalue weighted by Crippen LogP contribution is -2.37. The molecule has 0 radical (unpaired) electrons. The summed E-state index contributed by atoms with van der Waals surface area (Å²) in [5.74, 6) is 0.737. The normalized spacial score (nSPS) is 20.5. The second kappa shape index (κ2) is 5.96. The van der Waals surface area contributed by atoms with Gasteiger partial charge in [-0.25, -0.2) is 0 Å². The molecule has 2 aromatic heterocycles. The van der Waals surface area contributed by atoms with E-state index in [9.17, 15) is 4.79 Å². The van der Waals surface area contributed by atoms with Gasteiger partial charge in [-0.1, -0.05) is 6.07 Å². The number of rotatable bonds is 5. The number of fused-ring (bicyclic) bond motifs is 1. The monoisotopic (exact) mass is 312 g/mol. The second-order valence-electron chi connectivity index (χ2n) is 7.04. The minimum absolute atomic E-state index is 0.178. The molecule has 0 aliphatic heterocycles. The van der Waals surface area contributed by atoms with Gasteiger partial charge in [-0.2, -0.15) is 5.10 Å². The summed E-state index contributed by atoms with van der Waals surface area (Å²) < 4.78 is 3.88. The van der Waals surface area contributed by atoms with Crippen LogP contribution >= 0.6 is 0 Å². The van der Waals surface area contributed by atoms with Crippen molar-refractivity contribution in [1.29, 1.82) is 0 Å². The number of nitrogens with zero attached hydrogens (tertiary/aromatic N) is 3. The summed E-state index contributed by atoms with van der Waals surface area (Å²) in [7, 11) is 1.94. The summed E-state index contributed by atoms with van der Waals surface area (Å²) in [5.41, 5.74) is 4.03. The zero-order valence-corrected chi connectivity index (χ0v) is 13.7. The quantitative estimate of drug-likeness (QED) is 0.913. The van der Waals surface area contributed by atoms with Crippen molar-refractivity contribution in [3.05, 3.63) is 51.7 Å². The maximum Gasteiger partial charge on any atom is 0.250 e. The third kappa shape index (κ3) is 3.24. The van der Waals surface area contributed by atoms with Crippen molar-refractivity contribution in [2.45, 2.75) is 51.2 Å². The molecule has 2 aliphatic carbocycles. The van der Waals surface area contributed by atoms with Crippen LogP contribution in [0.4, 0.5) is 0 Å². The first-order valence-electron chi connectivity index (χ1n) is 8.61. The van der Waals surface area contributed by atoms with Crippen LogP contribution in [-0.2, 0) is 33.0 Å². The van der Waals surface area contributed by atoms with Crippen LogP contribution in [0.5, 0.6) is 0 Å². The summed E-state index contributed by atoms with van der Waals surface area (Å²) in [6.45, 7) is 1.78.